The molecule has 0 spiro atoms. The Labute approximate surface area is 225 Å². The van der Waals surface area contributed by atoms with Crippen molar-refractivity contribution >= 4 is 17.9 Å². The van der Waals surface area contributed by atoms with Gasteiger partial charge in [0.05, 0.1) is 31.8 Å². The Morgan fingerprint density at radius 1 is 0.974 bits per heavy atom. The standard InChI is InChI=1S/C22H25N3O.C6H8O7/c1-26-21-11-9-19(10-12-21)22(13-5-6-14-22)23-15-18-16-24-25(17-18)20-7-3-2-4-8-20;7-3(8)1-6(13,5(11)12)2-4(9)10/h2-4,7-12,16-17,23H,5-6,13-15H2,1H3;13H,1-2H2,(H,7,8)(H,9,10)(H,11,12). The van der Waals surface area contributed by atoms with Crippen LogP contribution in [0.25, 0.3) is 5.69 Å². The summed E-state index contributed by atoms with van der Waals surface area (Å²) in [5.74, 6) is -4.11. The molecule has 0 bridgehead atoms. The number of para-hydroxylation sites is 1. The van der Waals surface area contributed by atoms with E-state index in [9.17, 15) is 14.4 Å². The second-order valence-corrected chi connectivity index (χ2v) is 9.48. The van der Waals surface area contributed by atoms with Crippen molar-refractivity contribution in [2.24, 2.45) is 0 Å². The molecule has 2 aromatic carbocycles. The topological polar surface area (TPSA) is 171 Å². The Kier molecular flexibility index (Phi) is 9.80. The molecule has 1 aliphatic rings. The van der Waals surface area contributed by atoms with E-state index in [0.717, 1.165) is 18.0 Å². The van der Waals surface area contributed by atoms with E-state index in [1.165, 1.54) is 36.8 Å². The lowest BCUT2D eigenvalue weighted by atomic mass is 9.88. The van der Waals surface area contributed by atoms with Crippen LogP contribution in [0.3, 0.4) is 0 Å². The predicted molar refractivity (Wildman–Crippen MR) is 141 cm³/mol. The van der Waals surface area contributed by atoms with Crippen LogP contribution in [-0.4, -0.2) is 60.8 Å². The fourth-order valence-electron chi connectivity index (χ4n) is 4.61. The van der Waals surface area contributed by atoms with E-state index in [4.69, 9.17) is 25.2 Å². The molecule has 0 radical (unpaired) electrons. The molecule has 11 nitrogen and oxygen atoms in total. The SMILES string of the molecule is COc1ccc(C2(NCc3cnn(-c4ccccc4)c3)CCCC2)cc1.O=C(O)CC(O)(CC(=O)O)C(=O)O. The Balaban J connectivity index is 0.000000276. The van der Waals surface area contributed by atoms with Crippen LogP contribution in [0.4, 0.5) is 0 Å². The molecule has 1 fully saturated rings. The second-order valence-electron chi connectivity index (χ2n) is 9.48. The zero-order valence-electron chi connectivity index (χ0n) is 21.6. The lowest BCUT2D eigenvalue weighted by molar-refractivity contribution is -0.170. The van der Waals surface area contributed by atoms with Gasteiger partial charge in [-0.25, -0.2) is 9.48 Å². The van der Waals surface area contributed by atoms with Gasteiger partial charge in [-0.15, -0.1) is 0 Å². The molecule has 0 aliphatic heterocycles. The summed E-state index contributed by atoms with van der Waals surface area (Å²) in [6.07, 6.45) is 6.65. The number of carbonyl (C=O) groups is 3. The average Bonchev–Trinajstić information content (AvgIpc) is 3.58. The number of hydrogen-bond acceptors (Lipinski definition) is 7. The highest BCUT2D eigenvalue weighted by Crippen LogP contribution is 2.39. The summed E-state index contributed by atoms with van der Waals surface area (Å²) in [7, 11) is 1.71. The number of benzene rings is 2. The van der Waals surface area contributed by atoms with Crippen molar-refractivity contribution in [3.63, 3.8) is 0 Å². The molecule has 4 rings (SSSR count). The van der Waals surface area contributed by atoms with E-state index in [1.54, 1.807) is 7.11 Å². The van der Waals surface area contributed by atoms with Crippen molar-refractivity contribution in [1.29, 1.82) is 0 Å². The van der Waals surface area contributed by atoms with Crippen molar-refractivity contribution in [1.82, 2.24) is 15.1 Å². The minimum Gasteiger partial charge on any atom is -0.497 e. The molecule has 0 atom stereocenters. The maximum Gasteiger partial charge on any atom is 0.336 e. The summed E-state index contributed by atoms with van der Waals surface area (Å²) >= 11 is 0. The Morgan fingerprint density at radius 3 is 2.08 bits per heavy atom. The number of carboxylic acid groups (broad SMARTS) is 3. The molecule has 39 heavy (non-hydrogen) atoms. The van der Waals surface area contributed by atoms with Gasteiger partial charge in [0.1, 0.15) is 5.75 Å². The van der Waals surface area contributed by atoms with Gasteiger partial charge in [0.15, 0.2) is 5.60 Å². The first kappa shape index (κ1) is 29.3. The third-order valence-electron chi connectivity index (χ3n) is 6.67. The number of carboxylic acids is 3. The van der Waals surface area contributed by atoms with Crippen LogP contribution in [0.5, 0.6) is 5.75 Å². The fourth-order valence-corrected chi connectivity index (χ4v) is 4.61. The molecule has 1 saturated carbocycles. The molecule has 1 aliphatic carbocycles. The van der Waals surface area contributed by atoms with E-state index in [2.05, 4.69) is 53.0 Å². The smallest absolute Gasteiger partial charge is 0.336 e. The zero-order chi connectivity index (χ0) is 28.5. The molecule has 5 N–H and O–H groups in total. The van der Waals surface area contributed by atoms with Gasteiger partial charge in [0, 0.05) is 23.8 Å². The van der Waals surface area contributed by atoms with Crippen LogP contribution in [-0.2, 0) is 26.5 Å². The average molecular weight is 540 g/mol. The summed E-state index contributed by atoms with van der Waals surface area (Å²) in [6.45, 7) is 0.818. The molecule has 3 aromatic rings. The lowest BCUT2D eigenvalue weighted by Crippen LogP contribution is -2.42. The Hall–Kier alpha value is -4.22. The van der Waals surface area contributed by atoms with Gasteiger partial charge in [0.2, 0.25) is 0 Å². The highest BCUT2D eigenvalue weighted by atomic mass is 16.5. The van der Waals surface area contributed by atoms with Crippen LogP contribution in [0, 0.1) is 0 Å². The highest BCUT2D eigenvalue weighted by Gasteiger charge is 2.40. The number of nitrogens with one attached hydrogen (secondary N) is 1. The Bertz CT molecular complexity index is 1240. The van der Waals surface area contributed by atoms with E-state index in [1.807, 2.05) is 29.1 Å². The van der Waals surface area contributed by atoms with Gasteiger partial charge in [0.25, 0.3) is 0 Å². The van der Waals surface area contributed by atoms with Gasteiger partial charge < -0.3 is 30.5 Å². The van der Waals surface area contributed by atoms with Crippen molar-refractivity contribution < 1.29 is 39.5 Å². The number of methoxy groups -OCH3 is 1. The number of ether oxygens (including phenoxy) is 1. The summed E-state index contributed by atoms with van der Waals surface area (Å²) in [4.78, 5) is 30.5. The summed E-state index contributed by atoms with van der Waals surface area (Å²) in [6, 6.07) is 18.7. The van der Waals surface area contributed by atoms with Gasteiger partial charge >= 0.3 is 17.9 Å². The normalized spacial score (nSPS) is 14.2. The van der Waals surface area contributed by atoms with Crippen LogP contribution in [0.15, 0.2) is 67.0 Å². The van der Waals surface area contributed by atoms with Gasteiger partial charge in [-0.1, -0.05) is 43.2 Å². The van der Waals surface area contributed by atoms with E-state index < -0.39 is 36.4 Å². The van der Waals surface area contributed by atoms with Crippen LogP contribution in [0.2, 0.25) is 0 Å². The van der Waals surface area contributed by atoms with Gasteiger partial charge in [-0.2, -0.15) is 5.10 Å². The van der Waals surface area contributed by atoms with Crippen LogP contribution >= 0.6 is 0 Å². The first-order valence-corrected chi connectivity index (χ1v) is 12.4. The molecule has 0 unspecified atom stereocenters. The quantitative estimate of drug-likeness (QED) is 0.244. The molecule has 1 aromatic heterocycles. The van der Waals surface area contributed by atoms with Gasteiger partial charge in [-0.3, -0.25) is 9.59 Å². The number of aliphatic hydroxyl groups is 1. The minimum absolute atomic E-state index is 0.0567. The monoisotopic (exact) mass is 539 g/mol. The molecule has 208 valence electrons. The first-order valence-electron chi connectivity index (χ1n) is 12.4. The summed E-state index contributed by atoms with van der Waals surface area (Å²) in [5, 5.41) is 42.2. The van der Waals surface area contributed by atoms with Gasteiger partial charge in [-0.05, 0) is 42.7 Å². The molecular formula is C28H33N3O8. The maximum atomic E-state index is 10.3. The van der Waals surface area contributed by atoms with Crippen LogP contribution in [0.1, 0.15) is 49.7 Å². The fraction of sp³-hybridized carbons (Fsp3) is 0.357. The molecule has 1 heterocycles. The number of nitrogens with zero attached hydrogens (tertiary/aromatic N) is 2. The zero-order valence-corrected chi connectivity index (χ0v) is 21.6. The van der Waals surface area contributed by atoms with E-state index in [-0.39, 0.29) is 5.54 Å². The second kappa shape index (κ2) is 13.0. The number of aliphatic carboxylic acids is 3. The number of hydrogen-bond donors (Lipinski definition) is 5. The first-order chi connectivity index (χ1) is 18.6. The van der Waals surface area contributed by atoms with Crippen LogP contribution < -0.4 is 10.1 Å². The van der Waals surface area contributed by atoms with Crippen molar-refractivity contribution in [2.75, 3.05) is 7.11 Å². The largest absolute Gasteiger partial charge is 0.497 e. The third-order valence-corrected chi connectivity index (χ3v) is 6.67. The third kappa shape index (κ3) is 7.88. The summed E-state index contributed by atoms with van der Waals surface area (Å²) < 4.78 is 7.24. The minimum atomic E-state index is -2.74. The van der Waals surface area contributed by atoms with Crippen molar-refractivity contribution in [2.45, 2.75) is 56.2 Å². The molecule has 11 heteroatoms. The van der Waals surface area contributed by atoms with E-state index in [0.29, 0.717) is 0 Å². The van der Waals surface area contributed by atoms with Crippen molar-refractivity contribution in [3.8, 4) is 11.4 Å². The highest BCUT2D eigenvalue weighted by molar-refractivity contribution is 5.88. The maximum absolute atomic E-state index is 10.3. The number of aromatic nitrogens is 2. The van der Waals surface area contributed by atoms with E-state index >= 15 is 0 Å². The summed E-state index contributed by atoms with van der Waals surface area (Å²) in [5.41, 5.74) is 0.961. The molecular weight excluding hydrogens is 506 g/mol. The predicted octanol–water partition coefficient (Wildman–Crippen LogP) is 3.19. The molecule has 0 saturated heterocycles. The van der Waals surface area contributed by atoms with Crippen molar-refractivity contribution in [3.05, 3.63) is 78.1 Å². The molecule has 0 amide bonds. The Morgan fingerprint density at radius 2 is 1.56 bits per heavy atom. The number of rotatable bonds is 11. The lowest BCUT2D eigenvalue weighted by Gasteiger charge is -2.31.